The molecule has 3 aromatic rings. The van der Waals surface area contributed by atoms with Gasteiger partial charge in [-0.3, -0.25) is 37.9 Å². The Kier molecular flexibility index (Phi) is 16.9. The summed E-state index contributed by atoms with van der Waals surface area (Å²) in [5.41, 5.74) is 5.65. The van der Waals surface area contributed by atoms with E-state index in [-0.39, 0.29) is 58.0 Å². The number of carbonyl (C=O) groups excluding carboxylic acids is 5. The van der Waals surface area contributed by atoms with Gasteiger partial charge in [-0.25, -0.2) is 8.80 Å². The molecule has 4 N–H and O–H groups in total. The number of unbranched alkanes of at least 4 members (excludes halogenated alkanes) is 2. The number of aryl methyl sites for hydroxylation is 1. The van der Waals surface area contributed by atoms with E-state index < -0.39 is 52.8 Å². The molecule has 3 aliphatic heterocycles. The maximum atomic E-state index is 17.5. The molecule has 0 bridgehead atoms. The van der Waals surface area contributed by atoms with Crippen molar-refractivity contribution in [3.05, 3.63) is 101 Å². The summed E-state index contributed by atoms with van der Waals surface area (Å²) in [6, 6.07) is 15.1. The minimum absolute atomic E-state index is 0.0588. The van der Waals surface area contributed by atoms with Gasteiger partial charge in [0, 0.05) is 72.8 Å². The molecule has 4 heterocycles. The van der Waals surface area contributed by atoms with E-state index >= 15 is 4.32 Å². The number of methoxy groups -OCH3 is 2. The SMILES string of the molecule is CCCCc1cc(-c2ccc(OC)cc2)n2c1C=C1C(CCC(=O)NC(CS(=O)(=O)O)C(=O)NCCCCC(=O)NCCOCCN3C(=O)C=CC3=O)=CC(c3ccc(OC)cc3)=[N+]1B2F. The van der Waals surface area contributed by atoms with Gasteiger partial charge in [0.25, 0.3) is 21.9 Å². The minimum Gasteiger partial charge on any atom is -0.497 e. The van der Waals surface area contributed by atoms with Crippen LogP contribution >= 0.6 is 0 Å². The van der Waals surface area contributed by atoms with Crippen molar-refractivity contribution in [2.24, 2.45) is 0 Å². The first-order valence-corrected chi connectivity index (χ1v) is 23.5. The van der Waals surface area contributed by atoms with Crippen LogP contribution < -0.4 is 25.4 Å². The zero-order chi connectivity index (χ0) is 47.4. The Balaban J connectivity index is 1.08. The van der Waals surface area contributed by atoms with Gasteiger partial charge < -0.3 is 30.2 Å². The predicted molar refractivity (Wildman–Crippen MR) is 245 cm³/mol. The van der Waals surface area contributed by atoms with E-state index in [1.54, 1.807) is 35.3 Å². The summed E-state index contributed by atoms with van der Waals surface area (Å²) in [5, 5.41) is 7.72. The first-order chi connectivity index (χ1) is 31.7. The number of carbonyl (C=O) groups is 5. The number of halogens is 1. The molecule has 0 aliphatic carbocycles. The van der Waals surface area contributed by atoms with Gasteiger partial charge in [0.05, 0.1) is 34.0 Å². The molecule has 5 amide bonds. The summed E-state index contributed by atoms with van der Waals surface area (Å²) in [4.78, 5) is 63.1. The summed E-state index contributed by atoms with van der Waals surface area (Å²) in [6.07, 6.45) is 9.43. The molecule has 17 nitrogen and oxygen atoms in total. The molecule has 2 aromatic carbocycles. The number of allylic oxidation sites excluding steroid dienone is 2. The fraction of sp³-hybridized carbons (Fsp3) is 0.391. The van der Waals surface area contributed by atoms with Gasteiger partial charge in [-0.2, -0.15) is 8.42 Å². The van der Waals surface area contributed by atoms with E-state index in [0.29, 0.717) is 64.7 Å². The van der Waals surface area contributed by atoms with Crippen LogP contribution in [0.1, 0.15) is 68.7 Å². The Bertz CT molecular complexity index is 2520. The van der Waals surface area contributed by atoms with Crippen LogP contribution in [0.4, 0.5) is 4.32 Å². The number of amides is 5. The lowest BCUT2D eigenvalue weighted by molar-refractivity contribution is -0.335. The number of imide groups is 1. The molecule has 3 aliphatic rings. The normalized spacial score (nSPS) is 14.7. The van der Waals surface area contributed by atoms with Crippen molar-refractivity contribution in [3.8, 4) is 22.8 Å². The van der Waals surface area contributed by atoms with Crippen LogP contribution in [-0.4, -0.2) is 128 Å². The molecule has 1 aromatic heterocycles. The molecule has 6 rings (SSSR count). The fourth-order valence-corrected chi connectivity index (χ4v) is 8.52. The quantitative estimate of drug-likeness (QED) is 0.0417. The lowest BCUT2D eigenvalue weighted by Gasteiger charge is -2.19. The molecular formula is C46H55BFN6O11S+. The number of rotatable bonds is 25. The van der Waals surface area contributed by atoms with Crippen LogP contribution in [0.2, 0.25) is 0 Å². The summed E-state index contributed by atoms with van der Waals surface area (Å²) < 4.78 is 70.4. The smallest absolute Gasteiger partial charge is 0.497 e. The van der Waals surface area contributed by atoms with Gasteiger partial charge in [-0.15, -0.1) is 0 Å². The third-order valence-corrected chi connectivity index (χ3v) is 12.1. The van der Waals surface area contributed by atoms with Crippen LogP contribution in [-0.2, 0) is 45.2 Å². The van der Waals surface area contributed by atoms with Crippen molar-refractivity contribution >= 4 is 58.7 Å². The van der Waals surface area contributed by atoms with Gasteiger partial charge in [0.15, 0.2) is 11.4 Å². The standard InChI is InChI=1S/C46H54BFN6O11S/c1-4-5-8-33-27-38(31-10-15-35(63-2)16-11-31)53-40(33)29-41-34(28-39(54(41)47(53)48)32-12-17-36(64-3)18-13-32)14-19-43(56)51-37(30-66(60,61)62)46(59)50-22-7-6-9-42(55)49-23-25-65-26-24-52-44(57)20-21-45(52)58/h10-13,15-18,20-21,27-29,37H,4-9,14,19,22-26,30H2,1-3H3,(H3-,49,50,51,55,56,59,60,61,62)/p+1. The lowest BCUT2D eigenvalue weighted by Crippen LogP contribution is -2.50. The zero-order valence-corrected chi connectivity index (χ0v) is 38.0. The average Bonchev–Trinajstić information content (AvgIpc) is 3.97. The molecule has 0 radical (unpaired) electrons. The molecule has 20 heteroatoms. The van der Waals surface area contributed by atoms with E-state index in [1.165, 1.54) is 12.2 Å². The highest BCUT2D eigenvalue weighted by atomic mass is 32.2. The van der Waals surface area contributed by atoms with Crippen LogP contribution in [0.3, 0.4) is 0 Å². The van der Waals surface area contributed by atoms with Gasteiger partial charge in [0.2, 0.25) is 17.7 Å². The molecule has 1 unspecified atom stereocenters. The number of nitrogens with zero attached hydrogens (tertiary/aromatic N) is 3. The second-order valence-corrected chi connectivity index (χ2v) is 17.4. The monoisotopic (exact) mass is 929 g/mol. The van der Waals surface area contributed by atoms with Gasteiger partial charge in [-0.05, 0) is 97.8 Å². The molecular weight excluding hydrogens is 874 g/mol. The van der Waals surface area contributed by atoms with Crippen molar-refractivity contribution in [2.75, 3.05) is 52.8 Å². The first kappa shape index (κ1) is 49.1. The number of hydrogen-bond acceptors (Lipinski definition) is 10. The Morgan fingerprint density at radius 3 is 2.14 bits per heavy atom. The van der Waals surface area contributed by atoms with Gasteiger partial charge >= 0.3 is 7.26 Å². The summed E-state index contributed by atoms with van der Waals surface area (Å²) in [7, 11) is -3.25. The summed E-state index contributed by atoms with van der Waals surface area (Å²) in [5.74, 6) is -2.34. The van der Waals surface area contributed by atoms with E-state index in [4.69, 9.17) is 14.2 Å². The minimum atomic E-state index is -4.70. The Morgan fingerprint density at radius 2 is 1.50 bits per heavy atom. The van der Waals surface area contributed by atoms with E-state index in [2.05, 4.69) is 22.9 Å². The molecule has 350 valence electrons. The van der Waals surface area contributed by atoms with E-state index in [1.807, 2.05) is 54.6 Å². The molecule has 0 spiro atoms. The van der Waals surface area contributed by atoms with Crippen molar-refractivity contribution in [3.63, 3.8) is 0 Å². The predicted octanol–water partition coefficient (Wildman–Crippen LogP) is 3.61. The maximum Gasteiger partial charge on any atom is 0.846 e. The van der Waals surface area contributed by atoms with Crippen molar-refractivity contribution in [1.29, 1.82) is 0 Å². The number of hydrogen-bond donors (Lipinski definition) is 4. The number of benzene rings is 2. The Labute approximate surface area is 383 Å². The number of ether oxygens (including phenoxy) is 3. The highest BCUT2D eigenvalue weighted by Crippen LogP contribution is 2.38. The van der Waals surface area contributed by atoms with Crippen LogP contribution in [0.5, 0.6) is 11.5 Å². The molecule has 66 heavy (non-hydrogen) atoms. The van der Waals surface area contributed by atoms with Gasteiger partial charge in [-0.1, -0.05) is 13.3 Å². The second-order valence-electron chi connectivity index (χ2n) is 15.9. The largest absolute Gasteiger partial charge is 0.846 e. The molecule has 1 atom stereocenters. The fourth-order valence-electron chi connectivity index (χ4n) is 7.86. The molecule has 0 saturated heterocycles. The van der Waals surface area contributed by atoms with E-state index in [0.717, 1.165) is 28.9 Å². The average molecular weight is 930 g/mol. The van der Waals surface area contributed by atoms with Crippen molar-refractivity contribution < 1.29 is 60.0 Å². The molecule has 0 saturated carbocycles. The number of nitrogens with one attached hydrogen (secondary N) is 3. The van der Waals surface area contributed by atoms with Gasteiger partial charge in [0.1, 0.15) is 23.3 Å². The second kappa shape index (κ2) is 22.7. The van der Waals surface area contributed by atoms with Crippen LogP contribution in [0.15, 0.2) is 84.1 Å². The Morgan fingerprint density at radius 1 is 0.833 bits per heavy atom. The lowest BCUT2D eigenvalue weighted by atomic mass is 9.92. The van der Waals surface area contributed by atoms with Crippen molar-refractivity contribution in [2.45, 2.75) is 64.3 Å². The first-order valence-electron chi connectivity index (χ1n) is 21.9. The Hall–Kier alpha value is -6.38. The summed E-state index contributed by atoms with van der Waals surface area (Å²) >= 11 is 0. The third kappa shape index (κ3) is 12.5. The third-order valence-electron chi connectivity index (χ3n) is 11.3. The van der Waals surface area contributed by atoms with Crippen LogP contribution in [0, 0.1) is 0 Å². The van der Waals surface area contributed by atoms with Crippen molar-refractivity contribution in [1.82, 2.24) is 25.3 Å². The highest BCUT2D eigenvalue weighted by molar-refractivity contribution is 7.85. The number of aromatic nitrogens is 1. The zero-order valence-electron chi connectivity index (χ0n) is 37.2. The number of fused-ring (bicyclic) bond motifs is 2. The van der Waals surface area contributed by atoms with E-state index in [9.17, 15) is 36.9 Å². The van der Waals surface area contributed by atoms with Crippen LogP contribution in [0.25, 0.3) is 17.3 Å². The molecule has 0 fully saturated rings. The maximum absolute atomic E-state index is 17.5. The topological polar surface area (TPSA) is 215 Å². The summed E-state index contributed by atoms with van der Waals surface area (Å²) in [6.45, 7) is 2.75. The highest BCUT2D eigenvalue weighted by Gasteiger charge is 2.51.